The van der Waals surface area contributed by atoms with Crippen LogP contribution in [0, 0.1) is 5.92 Å². The van der Waals surface area contributed by atoms with Crippen molar-refractivity contribution in [1.29, 1.82) is 0 Å². The van der Waals surface area contributed by atoms with Gasteiger partial charge >= 0.3 is 0 Å². The van der Waals surface area contributed by atoms with E-state index < -0.39 is 30.7 Å². The zero-order valence-corrected chi connectivity index (χ0v) is 12.6. The number of aliphatic hydroxyl groups is 3. The quantitative estimate of drug-likeness (QED) is 0.480. The van der Waals surface area contributed by atoms with Gasteiger partial charge in [-0.1, -0.05) is 19.8 Å². The van der Waals surface area contributed by atoms with E-state index in [2.05, 4.69) is 0 Å². The number of amides is 1. The van der Waals surface area contributed by atoms with Gasteiger partial charge in [-0.2, -0.15) is 0 Å². The molecular weight excluding hydrogens is 278 g/mol. The van der Waals surface area contributed by atoms with Gasteiger partial charge < -0.3 is 30.5 Å². The van der Waals surface area contributed by atoms with Gasteiger partial charge in [0.05, 0.1) is 12.7 Å². The highest BCUT2D eigenvalue weighted by atomic mass is 16.7. The minimum Gasteiger partial charge on any atom is -0.388 e. The van der Waals surface area contributed by atoms with E-state index in [-0.39, 0.29) is 18.4 Å². The van der Waals surface area contributed by atoms with Gasteiger partial charge in [-0.3, -0.25) is 4.79 Å². The van der Waals surface area contributed by atoms with Gasteiger partial charge in [0.2, 0.25) is 5.91 Å². The summed E-state index contributed by atoms with van der Waals surface area (Å²) in [5.74, 6) is -0.625. The van der Waals surface area contributed by atoms with Crippen LogP contribution in [0.1, 0.15) is 39.5 Å². The van der Waals surface area contributed by atoms with E-state index in [9.17, 15) is 20.1 Å². The summed E-state index contributed by atoms with van der Waals surface area (Å²) in [4.78, 5) is 11.3. The zero-order chi connectivity index (χ0) is 16.0. The number of nitrogens with two attached hydrogens (primary N) is 1. The molecule has 0 aliphatic carbocycles. The molecule has 6 atom stereocenters. The molecule has 1 saturated heterocycles. The fraction of sp³-hybridized carbons (Fsp3) is 0.929. The molecule has 1 aliphatic heterocycles. The number of aliphatic hydroxyl groups excluding tert-OH is 3. The van der Waals surface area contributed by atoms with Crippen molar-refractivity contribution in [2.75, 3.05) is 6.61 Å². The van der Waals surface area contributed by atoms with Crippen LogP contribution in [0.2, 0.25) is 0 Å². The molecule has 0 saturated carbocycles. The molecule has 0 aromatic carbocycles. The van der Waals surface area contributed by atoms with Crippen molar-refractivity contribution in [2.45, 2.75) is 70.2 Å². The first-order valence-corrected chi connectivity index (χ1v) is 7.49. The summed E-state index contributed by atoms with van der Waals surface area (Å²) in [7, 11) is 0. The standard InChI is InChI=1S/C14H27NO6/c1-3-4-5-9(13(15)19)6-7-20-14-12(18)11(17)10(16)8(2)21-14/h8-12,14,16-18H,3-7H2,1-2H3,(H2,15,19)/t8-,9?,10+,11+,12-,14+/m0/s1. The molecule has 1 amide bonds. The highest BCUT2D eigenvalue weighted by molar-refractivity contribution is 5.76. The molecule has 0 spiro atoms. The van der Waals surface area contributed by atoms with Crippen LogP contribution in [0.15, 0.2) is 0 Å². The molecule has 1 heterocycles. The van der Waals surface area contributed by atoms with Gasteiger partial charge in [0.15, 0.2) is 6.29 Å². The molecule has 21 heavy (non-hydrogen) atoms. The van der Waals surface area contributed by atoms with Crippen molar-refractivity contribution in [2.24, 2.45) is 11.7 Å². The predicted octanol–water partition coefficient (Wildman–Crippen LogP) is -0.488. The van der Waals surface area contributed by atoms with Crippen molar-refractivity contribution in [1.82, 2.24) is 0 Å². The van der Waals surface area contributed by atoms with Gasteiger partial charge in [0.1, 0.15) is 18.3 Å². The van der Waals surface area contributed by atoms with Crippen LogP contribution in [0.25, 0.3) is 0 Å². The smallest absolute Gasteiger partial charge is 0.220 e. The second kappa shape index (κ2) is 8.65. The fourth-order valence-corrected chi connectivity index (χ4v) is 2.36. The SMILES string of the molecule is CCCCC(CCO[C@@H]1O[C@@H](C)[C@@H](O)[C@@H](O)[C@@H]1O)C(N)=O. The van der Waals surface area contributed by atoms with Gasteiger partial charge in [-0.05, 0) is 19.8 Å². The van der Waals surface area contributed by atoms with Gasteiger partial charge in [-0.25, -0.2) is 0 Å². The Kier molecular flexibility index (Phi) is 7.55. The average Bonchev–Trinajstić information content (AvgIpc) is 2.45. The van der Waals surface area contributed by atoms with Crippen molar-refractivity contribution < 1.29 is 29.6 Å². The summed E-state index contributed by atoms with van der Waals surface area (Å²) >= 11 is 0. The first-order chi connectivity index (χ1) is 9.88. The molecule has 124 valence electrons. The number of primary amides is 1. The normalized spacial score (nSPS) is 34.6. The first kappa shape index (κ1) is 18.3. The highest BCUT2D eigenvalue weighted by Crippen LogP contribution is 2.22. The van der Waals surface area contributed by atoms with Crippen LogP contribution in [0.5, 0.6) is 0 Å². The summed E-state index contributed by atoms with van der Waals surface area (Å²) in [6, 6.07) is 0. The zero-order valence-electron chi connectivity index (χ0n) is 12.6. The number of carbonyl (C=O) groups excluding carboxylic acids is 1. The van der Waals surface area contributed by atoms with E-state index in [0.29, 0.717) is 12.8 Å². The maximum Gasteiger partial charge on any atom is 0.220 e. The van der Waals surface area contributed by atoms with E-state index in [0.717, 1.165) is 12.8 Å². The molecule has 0 bridgehead atoms. The Balaban J connectivity index is 2.41. The maximum absolute atomic E-state index is 11.3. The third-order valence-electron chi connectivity index (χ3n) is 3.87. The van der Waals surface area contributed by atoms with E-state index >= 15 is 0 Å². The summed E-state index contributed by atoms with van der Waals surface area (Å²) < 4.78 is 10.7. The summed E-state index contributed by atoms with van der Waals surface area (Å²) in [5.41, 5.74) is 5.34. The Hall–Kier alpha value is -0.730. The number of ether oxygens (including phenoxy) is 2. The van der Waals surface area contributed by atoms with Crippen LogP contribution < -0.4 is 5.73 Å². The molecule has 0 radical (unpaired) electrons. The Bertz CT molecular complexity index is 327. The van der Waals surface area contributed by atoms with Crippen molar-refractivity contribution >= 4 is 5.91 Å². The van der Waals surface area contributed by atoms with Gasteiger partial charge in [0, 0.05) is 5.92 Å². The third-order valence-corrected chi connectivity index (χ3v) is 3.87. The van der Waals surface area contributed by atoms with E-state index in [4.69, 9.17) is 15.2 Å². The number of unbranched alkanes of at least 4 members (excludes halogenated alkanes) is 1. The molecule has 1 fully saturated rings. The number of carbonyl (C=O) groups is 1. The molecule has 1 aliphatic rings. The molecule has 0 aromatic heterocycles. The Morgan fingerprint density at radius 2 is 1.90 bits per heavy atom. The molecule has 7 heteroatoms. The lowest BCUT2D eigenvalue weighted by Crippen LogP contribution is -2.57. The number of rotatable bonds is 8. The van der Waals surface area contributed by atoms with E-state index in [1.165, 1.54) is 0 Å². The number of hydrogen-bond acceptors (Lipinski definition) is 6. The van der Waals surface area contributed by atoms with Gasteiger partial charge in [-0.15, -0.1) is 0 Å². The Labute approximate surface area is 125 Å². The predicted molar refractivity (Wildman–Crippen MR) is 75.1 cm³/mol. The minimum absolute atomic E-state index is 0.189. The lowest BCUT2D eigenvalue weighted by Gasteiger charge is -2.39. The van der Waals surface area contributed by atoms with E-state index in [1.807, 2.05) is 6.92 Å². The van der Waals surface area contributed by atoms with E-state index in [1.54, 1.807) is 6.92 Å². The van der Waals surface area contributed by atoms with Crippen LogP contribution in [-0.4, -0.2) is 58.5 Å². The molecule has 1 unspecified atom stereocenters. The van der Waals surface area contributed by atoms with Crippen LogP contribution in [0.3, 0.4) is 0 Å². The second-order valence-electron chi connectivity index (χ2n) is 5.58. The highest BCUT2D eigenvalue weighted by Gasteiger charge is 2.42. The summed E-state index contributed by atoms with van der Waals surface area (Å²) in [6.45, 7) is 3.81. The minimum atomic E-state index is -1.32. The van der Waals surface area contributed by atoms with Crippen molar-refractivity contribution in [3.05, 3.63) is 0 Å². The Morgan fingerprint density at radius 1 is 1.24 bits per heavy atom. The molecule has 7 nitrogen and oxygen atoms in total. The van der Waals surface area contributed by atoms with Crippen LogP contribution in [-0.2, 0) is 14.3 Å². The van der Waals surface area contributed by atoms with Crippen LogP contribution >= 0.6 is 0 Å². The summed E-state index contributed by atoms with van der Waals surface area (Å²) in [6.07, 6.45) is -2.39. The number of hydrogen-bond donors (Lipinski definition) is 4. The van der Waals surface area contributed by atoms with Crippen molar-refractivity contribution in [3.8, 4) is 0 Å². The third kappa shape index (κ3) is 5.19. The molecule has 5 N–H and O–H groups in total. The lowest BCUT2D eigenvalue weighted by atomic mass is 9.98. The van der Waals surface area contributed by atoms with Crippen molar-refractivity contribution in [3.63, 3.8) is 0 Å². The largest absolute Gasteiger partial charge is 0.388 e. The molecule has 0 aromatic rings. The fourth-order valence-electron chi connectivity index (χ4n) is 2.36. The van der Waals surface area contributed by atoms with Crippen LogP contribution in [0.4, 0.5) is 0 Å². The maximum atomic E-state index is 11.3. The van der Waals surface area contributed by atoms with Gasteiger partial charge in [0.25, 0.3) is 0 Å². The average molecular weight is 305 g/mol. The Morgan fingerprint density at radius 3 is 2.48 bits per heavy atom. The monoisotopic (exact) mass is 305 g/mol. The first-order valence-electron chi connectivity index (χ1n) is 7.49. The molecule has 1 rings (SSSR count). The topological polar surface area (TPSA) is 122 Å². The molecular formula is C14H27NO6. The summed E-state index contributed by atoms with van der Waals surface area (Å²) in [5, 5.41) is 29.0. The second-order valence-corrected chi connectivity index (χ2v) is 5.58. The lowest BCUT2D eigenvalue weighted by molar-refractivity contribution is -0.293.